The van der Waals surface area contributed by atoms with Gasteiger partial charge in [-0.05, 0) is 23.1 Å². The number of carbonyl (C=O) groups is 1. The maximum atomic E-state index is 11.4. The van der Waals surface area contributed by atoms with Gasteiger partial charge in [-0.25, -0.2) is 0 Å². The predicted octanol–water partition coefficient (Wildman–Crippen LogP) is 3.89. The van der Waals surface area contributed by atoms with E-state index < -0.39 is 0 Å². The highest BCUT2D eigenvalue weighted by Crippen LogP contribution is 2.40. The molecule has 2 aromatic carbocycles. The maximum Gasteiger partial charge on any atom is 0.262 e. The standard InChI is InChI=1S/C17H11ClN2O2/c18-14-5-11(6-15-17(14)20-16(21)9-22-15)13-8-19-7-10-3-1-2-4-12(10)13/h1-8H,9H2,(H,20,21). The molecule has 0 unspecified atom stereocenters. The molecule has 0 radical (unpaired) electrons. The quantitative estimate of drug-likeness (QED) is 0.742. The second kappa shape index (κ2) is 5.00. The summed E-state index contributed by atoms with van der Waals surface area (Å²) < 4.78 is 5.47. The van der Waals surface area contributed by atoms with Gasteiger partial charge in [-0.3, -0.25) is 9.78 Å². The molecule has 0 fully saturated rings. The van der Waals surface area contributed by atoms with E-state index in [0.717, 1.165) is 21.9 Å². The first-order valence-corrected chi connectivity index (χ1v) is 7.19. The van der Waals surface area contributed by atoms with Gasteiger partial charge in [0.15, 0.2) is 6.61 Å². The van der Waals surface area contributed by atoms with Crippen LogP contribution in [-0.4, -0.2) is 17.5 Å². The van der Waals surface area contributed by atoms with Crippen LogP contribution in [0.1, 0.15) is 0 Å². The van der Waals surface area contributed by atoms with Crippen LogP contribution in [0.15, 0.2) is 48.8 Å². The molecule has 1 N–H and O–H groups in total. The second-order valence-corrected chi connectivity index (χ2v) is 5.48. The van der Waals surface area contributed by atoms with Gasteiger partial charge in [-0.15, -0.1) is 0 Å². The summed E-state index contributed by atoms with van der Waals surface area (Å²) in [5.41, 5.74) is 2.40. The molecule has 4 nitrogen and oxygen atoms in total. The zero-order valence-corrected chi connectivity index (χ0v) is 12.2. The van der Waals surface area contributed by atoms with Crippen molar-refractivity contribution in [2.75, 3.05) is 11.9 Å². The number of nitrogens with zero attached hydrogens (tertiary/aromatic N) is 1. The summed E-state index contributed by atoms with van der Waals surface area (Å²) in [6.07, 6.45) is 3.64. The van der Waals surface area contributed by atoms with Crippen LogP contribution in [0.25, 0.3) is 21.9 Å². The lowest BCUT2D eigenvalue weighted by Gasteiger charge is -2.20. The number of halogens is 1. The van der Waals surface area contributed by atoms with Crippen molar-refractivity contribution in [3.8, 4) is 16.9 Å². The Bertz CT molecular complexity index is 903. The smallest absolute Gasteiger partial charge is 0.262 e. The van der Waals surface area contributed by atoms with Gasteiger partial charge in [0.05, 0.1) is 5.02 Å². The highest BCUT2D eigenvalue weighted by Gasteiger charge is 2.20. The molecule has 5 heteroatoms. The minimum Gasteiger partial charge on any atom is -0.482 e. The molecular formula is C17H11ClN2O2. The summed E-state index contributed by atoms with van der Waals surface area (Å²) in [5.74, 6) is 0.379. The van der Waals surface area contributed by atoms with Gasteiger partial charge in [0.25, 0.3) is 5.91 Å². The SMILES string of the molecule is O=C1COc2cc(-c3cncc4ccccc34)cc(Cl)c2N1. The lowest BCUT2D eigenvalue weighted by Crippen LogP contribution is -2.25. The Labute approximate surface area is 131 Å². The number of pyridine rings is 1. The van der Waals surface area contributed by atoms with Gasteiger partial charge in [0.2, 0.25) is 0 Å². The number of hydrogen-bond acceptors (Lipinski definition) is 3. The van der Waals surface area contributed by atoms with Crippen molar-refractivity contribution in [3.63, 3.8) is 0 Å². The fourth-order valence-corrected chi connectivity index (χ4v) is 2.90. The molecule has 1 aromatic heterocycles. The van der Waals surface area contributed by atoms with E-state index >= 15 is 0 Å². The Morgan fingerprint density at radius 3 is 2.95 bits per heavy atom. The molecule has 1 amide bonds. The first kappa shape index (κ1) is 13.1. The van der Waals surface area contributed by atoms with E-state index in [1.807, 2.05) is 48.8 Å². The number of rotatable bonds is 1. The molecule has 1 aliphatic heterocycles. The van der Waals surface area contributed by atoms with E-state index in [4.69, 9.17) is 16.3 Å². The molecule has 0 atom stereocenters. The third-order valence-electron chi connectivity index (χ3n) is 3.66. The largest absolute Gasteiger partial charge is 0.482 e. The monoisotopic (exact) mass is 310 g/mol. The van der Waals surface area contributed by atoms with Crippen molar-refractivity contribution >= 4 is 34.0 Å². The fraction of sp³-hybridized carbons (Fsp3) is 0.0588. The number of carbonyl (C=O) groups excluding carboxylic acids is 1. The normalized spacial score (nSPS) is 13.4. The van der Waals surface area contributed by atoms with E-state index in [9.17, 15) is 4.79 Å². The van der Waals surface area contributed by atoms with Crippen LogP contribution >= 0.6 is 11.6 Å². The topological polar surface area (TPSA) is 51.2 Å². The van der Waals surface area contributed by atoms with Crippen LogP contribution < -0.4 is 10.1 Å². The summed E-state index contributed by atoms with van der Waals surface area (Å²) in [6, 6.07) is 11.7. The van der Waals surface area contributed by atoms with Crippen molar-refractivity contribution in [1.29, 1.82) is 0 Å². The van der Waals surface area contributed by atoms with Crippen molar-refractivity contribution in [2.45, 2.75) is 0 Å². The van der Waals surface area contributed by atoms with Crippen LogP contribution in [0.3, 0.4) is 0 Å². The summed E-state index contributed by atoms with van der Waals surface area (Å²) in [7, 11) is 0. The lowest BCUT2D eigenvalue weighted by molar-refractivity contribution is -0.118. The Morgan fingerprint density at radius 1 is 1.18 bits per heavy atom. The van der Waals surface area contributed by atoms with E-state index in [0.29, 0.717) is 16.5 Å². The highest BCUT2D eigenvalue weighted by molar-refractivity contribution is 6.34. The van der Waals surface area contributed by atoms with Crippen LogP contribution in [0.4, 0.5) is 5.69 Å². The van der Waals surface area contributed by atoms with Crippen molar-refractivity contribution in [3.05, 3.63) is 53.8 Å². The molecule has 0 saturated carbocycles. The first-order valence-electron chi connectivity index (χ1n) is 6.82. The summed E-state index contributed by atoms with van der Waals surface area (Å²) >= 11 is 6.30. The van der Waals surface area contributed by atoms with E-state index in [2.05, 4.69) is 10.3 Å². The van der Waals surface area contributed by atoms with E-state index in [1.165, 1.54) is 0 Å². The fourth-order valence-electron chi connectivity index (χ4n) is 2.64. The Morgan fingerprint density at radius 2 is 2.05 bits per heavy atom. The van der Waals surface area contributed by atoms with Crippen LogP contribution in [0.5, 0.6) is 5.75 Å². The molecule has 0 saturated heterocycles. The second-order valence-electron chi connectivity index (χ2n) is 5.08. The zero-order chi connectivity index (χ0) is 15.1. The maximum absolute atomic E-state index is 11.4. The molecule has 0 bridgehead atoms. The Kier molecular flexibility index (Phi) is 2.98. The summed E-state index contributed by atoms with van der Waals surface area (Å²) in [6.45, 7) is 0.000565. The zero-order valence-electron chi connectivity index (χ0n) is 11.5. The number of benzene rings is 2. The number of nitrogens with one attached hydrogen (secondary N) is 1. The third kappa shape index (κ3) is 2.09. The van der Waals surface area contributed by atoms with E-state index in [-0.39, 0.29) is 12.5 Å². The van der Waals surface area contributed by atoms with Gasteiger partial charge in [0, 0.05) is 23.3 Å². The average Bonchev–Trinajstić information content (AvgIpc) is 2.55. The number of fused-ring (bicyclic) bond motifs is 2. The number of anilines is 1. The molecule has 108 valence electrons. The number of aromatic nitrogens is 1. The van der Waals surface area contributed by atoms with Crippen LogP contribution in [0, 0.1) is 0 Å². The van der Waals surface area contributed by atoms with Gasteiger partial charge in [0.1, 0.15) is 11.4 Å². The number of amides is 1. The molecule has 4 rings (SSSR count). The molecule has 2 heterocycles. The van der Waals surface area contributed by atoms with Crippen molar-refractivity contribution in [1.82, 2.24) is 4.98 Å². The molecule has 0 aliphatic carbocycles. The minimum atomic E-state index is -0.200. The molecule has 22 heavy (non-hydrogen) atoms. The van der Waals surface area contributed by atoms with E-state index in [1.54, 1.807) is 0 Å². The highest BCUT2D eigenvalue weighted by atomic mass is 35.5. The Hall–Kier alpha value is -2.59. The molecule has 0 spiro atoms. The molecular weight excluding hydrogens is 300 g/mol. The Balaban J connectivity index is 1.93. The van der Waals surface area contributed by atoms with Gasteiger partial charge >= 0.3 is 0 Å². The predicted molar refractivity (Wildman–Crippen MR) is 86.3 cm³/mol. The third-order valence-corrected chi connectivity index (χ3v) is 3.95. The number of ether oxygens (including phenoxy) is 1. The number of hydrogen-bond donors (Lipinski definition) is 1. The van der Waals surface area contributed by atoms with Crippen LogP contribution in [-0.2, 0) is 4.79 Å². The molecule has 3 aromatic rings. The minimum absolute atomic E-state index is 0.000565. The summed E-state index contributed by atoms with van der Waals surface area (Å²) in [5, 5.41) is 5.33. The van der Waals surface area contributed by atoms with Crippen LogP contribution in [0.2, 0.25) is 5.02 Å². The molecule has 1 aliphatic rings. The van der Waals surface area contributed by atoms with Gasteiger partial charge < -0.3 is 10.1 Å². The van der Waals surface area contributed by atoms with Crippen molar-refractivity contribution in [2.24, 2.45) is 0 Å². The van der Waals surface area contributed by atoms with Gasteiger partial charge in [-0.1, -0.05) is 35.9 Å². The first-order chi connectivity index (χ1) is 10.7. The van der Waals surface area contributed by atoms with Crippen molar-refractivity contribution < 1.29 is 9.53 Å². The lowest BCUT2D eigenvalue weighted by atomic mass is 10.0. The van der Waals surface area contributed by atoms with Gasteiger partial charge in [-0.2, -0.15) is 0 Å². The summed E-state index contributed by atoms with van der Waals surface area (Å²) in [4.78, 5) is 15.7. The average molecular weight is 311 g/mol.